The van der Waals surface area contributed by atoms with E-state index in [1.165, 1.54) is 41.9 Å². The van der Waals surface area contributed by atoms with Crippen LogP contribution in [0.25, 0.3) is 0 Å². The van der Waals surface area contributed by atoms with E-state index in [4.69, 9.17) is 15.2 Å². The van der Waals surface area contributed by atoms with Crippen molar-refractivity contribution in [2.45, 2.75) is 187 Å². The Labute approximate surface area is 590 Å². The molecule has 0 fully saturated rings. The summed E-state index contributed by atoms with van der Waals surface area (Å²) in [5.74, 6) is -10.2. The number of likely N-dealkylation sites (N-methyl/N-ethyl adjacent to an activating group) is 3. The van der Waals surface area contributed by atoms with Crippen molar-refractivity contribution < 1.29 is 76.6 Å². The molecule has 13 amide bonds. The summed E-state index contributed by atoms with van der Waals surface area (Å²) in [6, 6.07) is 14.2. The molecule has 0 spiro atoms. The van der Waals surface area contributed by atoms with Crippen LogP contribution in [0.4, 0.5) is 4.79 Å². The van der Waals surface area contributed by atoms with Crippen LogP contribution in [-0.2, 0) is 90.4 Å². The van der Waals surface area contributed by atoms with Crippen molar-refractivity contribution in [3.63, 3.8) is 0 Å². The number of hydrogen-bond acceptors (Lipinski definition) is 17. The summed E-state index contributed by atoms with van der Waals surface area (Å²) in [6.07, 6.45) is -1.50. The smallest absolute Gasteiger partial charge is 0.408 e. The minimum Gasteiger partial charge on any atom is -0.444 e. The number of primary amides is 1. The Morgan fingerprint density at radius 3 is 1.54 bits per heavy atom. The van der Waals surface area contributed by atoms with Gasteiger partial charge in [-0.25, -0.2) is 4.79 Å². The number of carbonyl (C=O) groups is 14. The van der Waals surface area contributed by atoms with Crippen molar-refractivity contribution in [3.8, 4) is 0 Å². The largest absolute Gasteiger partial charge is 0.444 e. The second kappa shape index (κ2) is 40.6. The van der Waals surface area contributed by atoms with Crippen molar-refractivity contribution >= 4 is 93.9 Å². The predicted molar refractivity (Wildman–Crippen MR) is 375 cm³/mol. The van der Waals surface area contributed by atoms with Gasteiger partial charge in [0.15, 0.2) is 5.12 Å². The molecule has 0 bridgehead atoms. The second-order valence-corrected chi connectivity index (χ2v) is 28.1. The molecule has 30 heteroatoms. The highest BCUT2D eigenvalue weighted by molar-refractivity contribution is 8.12. The van der Waals surface area contributed by atoms with Gasteiger partial charge in [0.05, 0.1) is 25.3 Å². The number of nitrogens with zero attached hydrogens (tertiary/aromatic N) is 3. The monoisotopic (exact) mass is 1410 g/mol. The van der Waals surface area contributed by atoms with E-state index in [2.05, 4.69) is 47.9 Å². The summed E-state index contributed by atoms with van der Waals surface area (Å²) in [6.45, 7) is 19.1. The Morgan fingerprint density at radius 2 is 1.01 bits per heavy atom. The Balaban J connectivity index is 1.86. The molecule has 3 aromatic carbocycles. The highest BCUT2D eigenvalue weighted by atomic mass is 32.2. The lowest BCUT2D eigenvalue weighted by atomic mass is 10.00. The number of benzene rings is 3. The second-order valence-electron chi connectivity index (χ2n) is 27.1. The zero-order valence-electron chi connectivity index (χ0n) is 60.2. The Hall–Kier alpha value is -9.45. The summed E-state index contributed by atoms with van der Waals surface area (Å²) in [4.78, 5) is 195. The van der Waals surface area contributed by atoms with Crippen LogP contribution in [0, 0.1) is 11.8 Å². The van der Waals surface area contributed by atoms with E-state index in [1.807, 2.05) is 13.8 Å². The molecule has 0 aliphatic heterocycles. The number of ether oxygens (including phenoxy) is 2. The van der Waals surface area contributed by atoms with E-state index in [0.717, 1.165) is 32.0 Å². The number of amides is 13. The van der Waals surface area contributed by atoms with Crippen LogP contribution < -0.4 is 53.6 Å². The molecule has 3 aromatic rings. The van der Waals surface area contributed by atoms with Crippen LogP contribution in [0.1, 0.15) is 120 Å². The lowest BCUT2D eigenvalue weighted by molar-refractivity contribution is -0.143. The normalized spacial score (nSPS) is 14.1. The van der Waals surface area contributed by atoms with Crippen molar-refractivity contribution in [3.05, 3.63) is 108 Å². The number of carbonyl (C=O) groups excluding carboxylic acids is 14. The third kappa shape index (κ3) is 30.3. The summed E-state index contributed by atoms with van der Waals surface area (Å²) in [7, 11) is 3.98. The summed E-state index contributed by atoms with van der Waals surface area (Å²) in [5, 5.41) is 22.5. The standard InChI is InChI=1S/C70H103N13O16S/c1-41(2)32-52(82(15)56(86)38-73-63(92)53(34-47-28-22-18-23-29-47)83(16)66(95)44(6)75-55(85)37-74-68(97)99-70(11,12)13)64(93)76-43(5)59(88)80-58(42(3)4)65(94)77-49(33-46-26-20-17-21-27-46)62(91)78-50(35-57(87)100-40-48-30-24-19-25-31-48)67(96)81(14)45(7)60(89)79-51(39-98-69(8,9)10)61(90)72-36-54(71)84/h17-31,41-45,49-53,58H,32-40H2,1-16H3,(H2,71,84)(H,72,90)(H,73,92)(H,74,97)(H,75,85)(H,76,93)(H,77,94)(H,78,91)(H,79,89)(H,80,88)/t43-,44-,45-,49-,50-,51-,52-,53-,58-/m0/s1. The zero-order chi connectivity index (χ0) is 75.4. The van der Waals surface area contributed by atoms with Crippen LogP contribution in [0.15, 0.2) is 91.0 Å². The number of thioether (sulfide) groups is 1. The van der Waals surface area contributed by atoms with Gasteiger partial charge < -0.3 is 77.8 Å². The third-order valence-corrected chi connectivity index (χ3v) is 16.4. The molecule has 0 saturated carbocycles. The van der Waals surface area contributed by atoms with Crippen molar-refractivity contribution in [1.29, 1.82) is 0 Å². The first-order valence-electron chi connectivity index (χ1n) is 33.0. The van der Waals surface area contributed by atoms with E-state index in [9.17, 15) is 67.1 Å². The first-order chi connectivity index (χ1) is 46.7. The number of nitrogens with one attached hydrogen (secondary N) is 9. The molecule has 29 nitrogen and oxygen atoms in total. The fourth-order valence-corrected chi connectivity index (χ4v) is 10.5. The molecule has 0 aromatic heterocycles. The SMILES string of the molecule is CC(C)C[C@@H](C(=O)N[C@@H](C)C(=O)N[C@H](C(=O)N[C@@H](Cc1ccccc1)C(=O)N[C@@H](CC(=O)SCc1ccccc1)C(=O)N(C)[C@@H](C)C(=O)N[C@@H](COC(C)(C)C)C(=O)NCC(N)=O)C(C)C)N(C)C(=O)CNC(=O)[C@H](Cc1ccccc1)N(C)C(=O)[C@H](C)NC(=O)CNC(=O)OC(C)(C)C. The maximum atomic E-state index is 14.8. The van der Waals surface area contributed by atoms with Gasteiger partial charge in [-0.15, -0.1) is 0 Å². The minimum atomic E-state index is -1.64. The highest BCUT2D eigenvalue weighted by Gasteiger charge is 2.38. The van der Waals surface area contributed by atoms with Gasteiger partial charge in [0.25, 0.3) is 0 Å². The average molecular weight is 1410 g/mol. The predicted octanol–water partition coefficient (Wildman–Crippen LogP) is 1.53. The molecular formula is C70H103N13O16S. The first-order valence-corrected chi connectivity index (χ1v) is 34.0. The molecule has 100 heavy (non-hydrogen) atoms. The van der Waals surface area contributed by atoms with Crippen LogP contribution >= 0.6 is 11.8 Å². The molecule has 11 N–H and O–H groups in total. The van der Waals surface area contributed by atoms with Crippen molar-refractivity contribution in [1.82, 2.24) is 62.6 Å². The van der Waals surface area contributed by atoms with Gasteiger partial charge in [0.1, 0.15) is 66.5 Å². The van der Waals surface area contributed by atoms with Crippen molar-refractivity contribution in [2.24, 2.45) is 17.6 Å². The Bertz CT molecular complexity index is 3290. The molecule has 0 saturated heterocycles. The molecule has 0 aliphatic carbocycles. The average Bonchev–Trinajstić information content (AvgIpc) is 0.847. The minimum absolute atomic E-state index is 0.00376. The van der Waals surface area contributed by atoms with Crippen LogP contribution in [0.3, 0.4) is 0 Å². The lowest BCUT2D eigenvalue weighted by Crippen LogP contribution is -2.61. The molecular weight excluding hydrogens is 1310 g/mol. The molecule has 3 rings (SSSR count). The van der Waals surface area contributed by atoms with Gasteiger partial charge in [0, 0.05) is 46.2 Å². The van der Waals surface area contributed by atoms with E-state index < -0.39 is 180 Å². The molecule has 0 unspecified atom stereocenters. The van der Waals surface area contributed by atoms with Gasteiger partial charge >= 0.3 is 6.09 Å². The Kier molecular flexibility index (Phi) is 34.4. The fourth-order valence-electron chi connectivity index (χ4n) is 9.65. The first kappa shape index (κ1) is 84.8. The molecule has 550 valence electrons. The summed E-state index contributed by atoms with van der Waals surface area (Å²) in [5.41, 5.74) is 5.67. The fraction of sp³-hybridized carbons (Fsp3) is 0.543. The van der Waals surface area contributed by atoms with E-state index in [1.54, 1.807) is 146 Å². The van der Waals surface area contributed by atoms with Gasteiger partial charge in [0.2, 0.25) is 70.9 Å². The third-order valence-electron chi connectivity index (χ3n) is 15.4. The number of rotatable bonds is 37. The van der Waals surface area contributed by atoms with E-state index in [0.29, 0.717) is 11.1 Å². The van der Waals surface area contributed by atoms with Gasteiger partial charge in [-0.1, -0.05) is 130 Å². The highest BCUT2D eigenvalue weighted by Crippen LogP contribution is 2.19. The Morgan fingerprint density at radius 1 is 0.480 bits per heavy atom. The molecule has 9 atom stereocenters. The number of hydrogen-bond donors (Lipinski definition) is 10. The van der Waals surface area contributed by atoms with Crippen LogP contribution in [0.2, 0.25) is 0 Å². The number of alkyl carbamates (subject to hydrolysis) is 1. The lowest BCUT2D eigenvalue weighted by Gasteiger charge is -2.32. The zero-order valence-corrected chi connectivity index (χ0v) is 61.1. The quantitative estimate of drug-likeness (QED) is 0.0391. The maximum absolute atomic E-state index is 14.8. The summed E-state index contributed by atoms with van der Waals surface area (Å²) >= 11 is 0.884. The van der Waals surface area contributed by atoms with Gasteiger partial charge in [-0.2, -0.15) is 0 Å². The van der Waals surface area contributed by atoms with Gasteiger partial charge in [-0.05, 0) is 97.3 Å². The van der Waals surface area contributed by atoms with E-state index >= 15 is 0 Å². The number of nitrogens with two attached hydrogens (primary N) is 1. The van der Waals surface area contributed by atoms with Crippen molar-refractivity contribution in [2.75, 3.05) is 47.4 Å². The van der Waals surface area contributed by atoms with Crippen LogP contribution in [0.5, 0.6) is 0 Å². The van der Waals surface area contributed by atoms with Crippen LogP contribution in [-0.4, -0.2) is 210 Å². The molecule has 0 radical (unpaired) electrons. The summed E-state index contributed by atoms with van der Waals surface area (Å²) < 4.78 is 10.9. The topological polar surface area (TPSA) is 401 Å². The maximum Gasteiger partial charge on any atom is 0.408 e. The molecule has 0 heterocycles. The van der Waals surface area contributed by atoms with E-state index in [-0.39, 0.29) is 37.5 Å². The van der Waals surface area contributed by atoms with Gasteiger partial charge in [-0.3, -0.25) is 62.3 Å². The molecule has 0 aliphatic rings.